The van der Waals surface area contributed by atoms with Gasteiger partial charge in [0, 0.05) is 5.56 Å². The Kier molecular flexibility index (Phi) is 4.95. The summed E-state index contributed by atoms with van der Waals surface area (Å²) in [6.45, 7) is 5.90. The van der Waals surface area contributed by atoms with Crippen LogP contribution in [0.4, 0.5) is 16.6 Å². The van der Waals surface area contributed by atoms with Crippen molar-refractivity contribution in [3.63, 3.8) is 0 Å². The van der Waals surface area contributed by atoms with Gasteiger partial charge in [0.05, 0.1) is 12.8 Å². The lowest BCUT2D eigenvalue weighted by molar-refractivity contribution is 0.104. The number of anilines is 3. The number of ether oxygens (including phenoxy) is 1. The molecule has 1 aromatic heterocycles. The first kappa shape index (κ1) is 17.9. The number of aromatic nitrogens is 1. The van der Waals surface area contributed by atoms with E-state index >= 15 is 0 Å². The van der Waals surface area contributed by atoms with Crippen LogP contribution in [0.25, 0.3) is 0 Å². The smallest absolute Gasteiger partial charge is 0.207 e. The Morgan fingerprint density at radius 1 is 1.15 bits per heavy atom. The van der Waals surface area contributed by atoms with Gasteiger partial charge >= 0.3 is 0 Å². The molecule has 0 saturated carbocycles. The highest BCUT2D eigenvalue weighted by Gasteiger charge is 2.21. The Morgan fingerprint density at radius 3 is 2.46 bits per heavy atom. The van der Waals surface area contributed by atoms with Gasteiger partial charge in [0.25, 0.3) is 0 Å². The molecule has 0 aliphatic rings. The van der Waals surface area contributed by atoms with Crippen LogP contribution in [0, 0.1) is 20.8 Å². The zero-order valence-corrected chi connectivity index (χ0v) is 16.0. The molecule has 0 fully saturated rings. The molecule has 0 atom stereocenters. The number of aryl methyl sites for hydroxylation is 3. The van der Waals surface area contributed by atoms with Gasteiger partial charge in [-0.15, -0.1) is 0 Å². The largest absolute Gasteiger partial charge is 0.495 e. The average molecular weight is 367 g/mol. The van der Waals surface area contributed by atoms with Crippen molar-refractivity contribution < 1.29 is 9.53 Å². The van der Waals surface area contributed by atoms with E-state index in [1.807, 2.05) is 57.2 Å². The molecule has 0 aliphatic carbocycles. The summed E-state index contributed by atoms with van der Waals surface area (Å²) < 4.78 is 5.33. The zero-order chi connectivity index (χ0) is 18.8. The second kappa shape index (κ2) is 7.17. The molecule has 6 heteroatoms. The summed E-state index contributed by atoms with van der Waals surface area (Å²) in [5.41, 5.74) is 10.5. The molecule has 0 aliphatic heterocycles. The Balaban J connectivity index is 1.95. The van der Waals surface area contributed by atoms with Crippen molar-refractivity contribution in [1.29, 1.82) is 0 Å². The van der Waals surface area contributed by atoms with Gasteiger partial charge in [-0.2, -0.15) is 0 Å². The Hall–Kier alpha value is -2.86. The van der Waals surface area contributed by atoms with Crippen molar-refractivity contribution in [2.75, 3.05) is 18.2 Å². The summed E-state index contributed by atoms with van der Waals surface area (Å²) in [7, 11) is 1.61. The fraction of sp³-hybridized carbons (Fsp3) is 0.200. The number of thiazole rings is 1. The Morgan fingerprint density at radius 2 is 1.81 bits per heavy atom. The molecular weight excluding hydrogens is 346 g/mol. The van der Waals surface area contributed by atoms with Gasteiger partial charge in [-0.3, -0.25) is 4.79 Å². The molecule has 3 rings (SSSR count). The van der Waals surface area contributed by atoms with Crippen molar-refractivity contribution in [3.05, 3.63) is 63.5 Å². The maximum absolute atomic E-state index is 13.0. The number of nitrogens with zero attached hydrogens (tertiary/aromatic N) is 1. The van der Waals surface area contributed by atoms with Crippen LogP contribution in [0.15, 0.2) is 36.4 Å². The summed E-state index contributed by atoms with van der Waals surface area (Å²) in [5.74, 6) is 0.833. The predicted octanol–water partition coefficient (Wildman–Crippen LogP) is 4.63. The van der Waals surface area contributed by atoms with Crippen LogP contribution < -0.4 is 15.8 Å². The topological polar surface area (TPSA) is 77.2 Å². The van der Waals surface area contributed by atoms with Gasteiger partial charge in [-0.1, -0.05) is 41.2 Å². The predicted molar refractivity (Wildman–Crippen MR) is 107 cm³/mol. The molecule has 0 radical (unpaired) electrons. The molecule has 5 nitrogen and oxygen atoms in total. The summed E-state index contributed by atoms with van der Waals surface area (Å²) in [5, 5.41) is 3.73. The third-order valence-corrected chi connectivity index (χ3v) is 5.10. The van der Waals surface area contributed by atoms with Gasteiger partial charge in [0.2, 0.25) is 5.78 Å². The number of carbonyl (C=O) groups is 1. The maximum Gasteiger partial charge on any atom is 0.207 e. The molecular formula is C20H21N3O2S. The number of methoxy groups -OCH3 is 1. The fourth-order valence-electron chi connectivity index (χ4n) is 3.06. The van der Waals surface area contributed by atoms with Crippen LogP contribution >= 0.6 is 11.3 Å². The maximum atomic E-state index is 13.0. The second-order valence-electron chi connectivity index (χ2n) is 6.16. The summed E-state index contributed by atoms with van der Waals surface area (Å²) in [6, 6.07) is 11.5. The number of hydrogen-bond donors (Lipinski definition) is 2. The van der Waals surface area contributed by atoms with Crippen LogP contribution in [0.1, 0.15) is 31.9 Å². The van der Waals surface area contributed by atoms with Crippen molar-refractivity contribution in [2.24, 2.45) is 0 Å². The molecule has 1 heterocycles. The van der Waals surface area contributed by atoms with Crippen molar-refractivity contribution in [3.8, 4) is 5.75 Å². The van der Waals surface area contributed by atoms with Crippen LogP contribution in [0.5, 0.6) is 5.75 Å². The summed E-state index contributed by atoms with van der Waals surface area (Å²) >= 11 is 1.25. The average Bonchev–Trinajstić information content (AvgIpc) is 2.94. The van der Waals surface area contributed by atoms with Crippen LogP contribution in [-0.4, -0.2) is 17.9 Å². The van der Waals surface area contributed by atoms with E-state index in [4.69, 9.17) is 10.5 Å². The second-order valence-corrected chi connectivity index (χ2v) is 7.16. The number of rotatable bonds is 5. The van der Waals surface area contributed by atoms with Gasteiger partial charge in [-0.25, -0.2) is 4.98 Å². The van der Waals surface area contributed by atoms with Crippen molar-refractivity contribution in [2.45, 2.75) is 20.8 Å². The number of nitrogens with two attached hydrogens (primary N) is 1. The fourth-order valence-corrected chi connectivity index (χ4v) is 3.91. The lowest BCUT2D eigenvalue weighted by Crippen LogP contribution is -2.07. The molecule has 0 amide bonds. The number of para-hydroxylation sites is 2. The first-order valence-corrected chi connectivity index (χ1v) is 9.01. The summed E-state index contributed by atoms with van der Waals surface area (Å²) in [6.07, 6.45) is 0. The van der Waals surface area contributed by atoms with Crippen molar-refractivity contribution in [1.82, 2.24) is 4.98 Å². The van der Waals surface area contributed by atoms with E-state index in [0.717, 1.165) is 22.4 Å². The Bertz CT molecular complexity index is 956. The number of nitrogen functional groups attached to an aromatic ring is 1. The highest BCUT2D eigenvalue weighted by atomic mass is 32.1. The number of carbonyl (C=O) groups excluding carboxylic acids is 1. The van der Waals surface area contributed by atoms with Crippen molar-refractivity contribution >= 4 is 33.8 Å². The number of ketones is 1. The minimum atomic E-state index is -0.0944. The van der Waals surface area contributed by atoms with Gasteiger partial charge < -0.3 is 15.8 Å². The molecule has 2 aromatic carbocycles. The monoisotopic (exact) mass is 367 g/mol. The van der Waals surface area contributed by atoms with E-state index < -0.39 is 0 Å². The third kappa shape index (κ3) is 3.41. The van der Waals surface area contributed by atoms with Gasteiger partial charge in [0.1, 0.15) is 16.4 Å². The number of benzene rings is 2. The molecule has 3 aromatic rings. The zero-order valence-electron chi connectivity index (χ0n) is 15.2. The normalized spacial score (nSPS) is 10.6. The molecule has 134 valence electrons. The molecule has 0 saturated heterocycles. The first-order valence-electron chi connectivity index (χ1n) is 8.19. The number of nitrogens with one attached hydrogen (secondary N) is 1. The van der Waals surface area contributed by atoms with E-state index in [1.54, 1.807) is 7.11 Å². The minimum absolute atomic E-state index is 0.0944. The van der Waals surface area contributed by atoms with E-state index in [9.17, 15) is 4.79 Å². The van der Waals surface area contributed by atoms with Gasteiger partial charge in [-0.05, 0) is 44.0 Å². The summed E-state index contributed by atoms with van der Waals surface area (Å²) in [4.78, 5) is 17.8. The van der Waals surface area contributed by atoms with E-state index in [-0.39, 0.29) is 11.6 Å². The minimum Gasteiger partial charge on any atom is -0.495 e. The highest BCUT2D eigenvalue weighted by molar-refractivity contribution is 7.18. The van der Waals surface area contributed by atoms with Crippen LogP contribution in [-0.2, 0) is 0 Å². The highest BCUT2D eigenvalue weighted by Crippen LogP contribution is 2.33. The quantitative estimate of drug-likeness (QED) is 0.643. The lowest BCUT2D eigenvalue weighted by Gasteiger charge is -2.09. The van der Waals surface area contributed by atoms with E-state index in [0.29, 0.717) is 21.3 Å². The molecule has 0 unspecified atom stereocenters. The first-order chi connectivity index (χ1) is 12.4. The lowest BCUT2D eigenvalue weighted by atomic mass is 9.96. The third-order valence-electron chi connectivity index (χ3n) is 4.11. The van der Waals surface area contributed by atoms with Crippen LogP contribution in [0.3, 0.4) is 0 Å². The standard InChI is InChI=1S/C20H21N3O2S/c1-11-9-12(2)16(13(3)10-11)17(24)18-19(21)23-20(26-18)22-14-7-5-6-8-15(14)25-4/h5-10H,21H2,1-4H3,(H,22,23). The molecule has 0 bridgehead atoms. The molecule has 0 spiro atoms. The van der Waals surface area contributed by atoms with E-state index in [1.165, 1.54) is 11.3 Å². The van der Waals surface area contributed by atoms with Gasteiger partial charge in [0.15, 0.2) is 5.13 Å². The van der Waals surface area contributed by atoms with Crippen LogP contribution in [0.2, 0.25) is 0 Å². The SMILES string of the molecule is COc1ccccc1Nc1nc(N)c(C(=O)c2c(C)cc(C)cc2C)s1. The Labute approximate surface area is 156 Å². The molecule has 3 N–H and O–H groups in total. The number of hydrogen-bond acceptors (Lipinski definition) is 6. The van der Waals surface area contributed by atoms with E-state index in [2.05, 4.69) is 10.3 Å². The molecule has 26 heavy (non-hydrogen) atoms.